The van der Waals surface area contributed by atoms with Gasteiger partial charge in [0.05, 0.1) is 24.2 Å². The predicted molar refractivity (Wildman–Crippen MR) is 187 cm³/mol. The number of rotatable bonds is 13. The molecule has 0 radical (unpaired) electrons. The lowest BCUT2D eigenvalue weighted by atomic mass is 10.2. The minimum atomic E-state index is 0.488. The Bertz CT molecular complexity index is 1890. The van der Waals surface area contributed by atoms with Crippen molar-refractivity contribution in [1.82, 2.24) is 34.7 Å². The molecule has 7 rings (SSSR count). The molecule has 1 aliphatic rings. The number of hydrogen-bond acceptors (Lipinski definition) is 9. The molecular formula is C38H38N8O2. The van der Waals surface area contributed by atoms with Crippen LogP contribution in [-0.2, 0) is 6.54 Å². The molecule has 48 heavy (non-hydrogen) atoms. The molecule has 4 heterocycles. The average Bonchev–Trinajstić information content (AvgIpc) is 3.63. The van der Waals surface area contributed by atoms with E-state index in [4.69, 9.17) is 14.5 Å². The highest BCUT2D eigenvalue weighted by molar-refractivity contribution is 5.65. The summed E-state index contributed by atoms with van der Waals surface area (Å²) in [6.07, 6.45) is 8.22. The molecule has 3 aromatic heterocycles. The van der Waals surface area contributed by atoms with Crippen molar-refractivity contribution >= 4 is 11.6 Å². The predicted octanol–water partition coefficient (Wildman–Crippen LogP) is 7.05. The van der Waals surface area contributed by atoms with Crippen molar-refractivity contribution in [2.24, 2.45) is 0 Å². The minimum Gasteiger partial charge on any atom is -0.493 e. The highest BCUT2D eigenvalue weighted by Gasteiger charge is 2.16. The van der Waals surface area contributed by atoms with Crippen LogP contribution in [0.2, 0.25) is 0 Å². The lowest BCUT2D eigenvalue weighted by Gasteiger charge is -2.34. The van der Waals surface area contributed by atoms with E-state index in [2.05, 4.69) is 47.2 Å². The number of piperazine rings is 1. The Kier molecular flexibility index (Phi) is 9.92. The first-order valence-electron chi connectivity index (χ1n) is 16.3. The largest absolute Gasteiger partial charge is 0.493 e. The summed E-state index contributed by atoms with van der Waals surface area (Å²) < 4.78 is 12.1. The highest BCUT2D eigenvalue weighted by Crippen LogP contribution is 2.28. The number of aromatic amines is 1. The SMILES string of the molecule is c1ccc(Oc2cccc(-c3ncc(-c4ccnc(Nc5cccc(OCCCN6CCN(Cc7ccncc7)CC6)c5)n4)[nH]3)c2)cc1. The number of para-hydroxylation sites is 1. The monoisotopic (exact) mass is 638 g/mol. The average molecular weight is 639 g/mol. The summed E-state index contributed by atoms with van der Waals surface area (Å²) in [5, 5.41) is 3.32. The summed E-state index contributed by atoms with van der Waals surface area (Å²) in [7, 11) is 0. The first-order valence-corrected chi connectivity index (χ1v) is 16.3. The van der Waals surface area contributed by atoms with Gasteiger partial charge in [-0.05, 0) is 66.6 Å². The summed E-state index contributed by atoms with van der Waals surface area (Å²) >= 11 is 0. The summed E-state index contributed by atoms with van der Waals surface area (Å²) in [6.45, 7) is 7.02. The van der Waals surface area contributed by atoms with Gasteiger partial charge in [-0.25, -0.2) is 15.0 Å². The number of pyridine rings is 1. The fourth-order valence-corrected chi connectivity index (χ4v) is 5.69. The maximum absolute atomic E-state index is 6.11. The van der Waals surface area contributed by atoms with E-state index in [-0.39, 0.29) is 0 Å². The molecule has 1 fully saturated rings. The lowest BCUT2D eigenvalue weighted by Crippen LogP contribution is -2.46. The molecule has 0 amide bonds. The summed E-state index contributed by atoms with van der Waals surface area (Å²) in [6, 6.07) is 31.5. The molecule has 242 valence electrons. The molecule has 1 aliphatic heterocycles. The molecule has 0 saturated carbocycles. The van der Waals surface area contributed by atoms with Crippen LogP contribution in [0, 0.1) is 0 Å². The Morgan fingerprint density at radius 3 is 2.40 bits per heavy atom. The molecule has 6 aromatic rings. The topological polar surface area (TPSA) is 104 Å². The van der Waals surface area contributed by atoms with E-state index >= 15 is 0 Å². The Labute approximate surface area is 280 Å². The molecule has 1 saturated heterocycles. The number of aromatic nitrogens is 5. The van der Waals surface area contributed by atoms with Crippen LogP contribution in [0.1, 0.15) is 12.0 Å². The Morgan fingerprint density at radius 1 is 0.729 bits per heavy atom. The van der Waals surface area contributed by atoms with Crippen molar-refractivity contribution in [3.63, 3.8) is 0 Å². The van der Waals surface area contributed by atoms with E-state index in [9.17, 15) is 0 Å². The number of imidazole rings is 1. The first-order chi connectivity index (χ1) is 23.7. The standard InChI is InChI=1S/C38H38N8O2/c1-2-9-32(10-3-1)48-34-12-4-7-30(25-34)37-41-27-36(43-37)35-15-18-40-38(44-35)42-31-8-5-11-33(26-31)47-24-6-19-45-20-22-46(23-21-45)28-29-13-16-39-17-14-29/h1-5,7-18,25-27H,6,19-24,28H2,(H,41,43)(H,40,42,44). The zero-order valence-corrected chi connectivity index (χ0v) is 26.7. The van der Waals surface area contributed by atoms with Gasteiger partial charge in [0.25, 0.3) is 0 Å². The van der Waals surface area contributed by atoms with Gasteiger partial charge in [-0.15, -0.1) is 0 Å². The molecule has 10 nitrogen and oxygen atoms in total. The zero-order valence-electron chi connectivity index (χ0n) is 26.7. The summed E-state index contributed by atoms with van der Waals surface area (Å²) in [4.78, 5) is 26.3. The molecule has 2 N–H and O–H groups in total. The van der Waals surface area contributed by atoms with Crippen LogP contribution in [-0.4, -0.2) is 74.1 Å². The van der Waals surface area contributed by atoms with Crippen LogP contribution in [0.5, 0.6) is 17.2 Å². The second kappa shape index (κ2) is 15.3. The normalized spacial score (nSPS) is 13.7. The van der Waals surface area contributed by atoms with Gasteiger partial charge in [0.1, 0.15) is 23.1 Å². The molecule has 0 aliphatic carbocycles. The van der Waals surface area contributed by atoms with Crippen LogP contribution >= 0.6 is 0 Å². The first kappa shape index (κ1) is 31.0. The van der Waals surface area contributed by atoms with Crippen molar-refractivity contribution in [2.45, 2.75) is 13.0 Å². The molecule has 10 heteroatoms. The van der Waals surface area contributed by atoms with Gasteiger partial charge < -0.3 is 24.7 Å². The van der Waals surface area contributed by atoms with Crippen LogP contribution < -0.4 is 14.8 Å². The quantitative estimate of drug-likeness (QED) is 0.129. The Balaban J connectivity index is 0.894. The summed E-state index contributed by atoms with van der Waals surface area (Å²) in [5.41, 5.74) is 4.61. The molecule has 0 spiro atoms. The smallest absolute Gasteiger partial charge is 0.227 e. The minimum absolute atomic E-state index is 0.488. The van der Waals surface area contributed by atoms with Gasteiger partial charge >= 0.3 is 0 Å². The fourth-order valence-electron chi connectivity index (χ4n) is 5.69. The van der Waals surface area contributed by atoms with E-state index in [1.165, 1.54) is 5.56 Å². The maximum Gasteiger partial charge on any atom is 0.227 e. The van der Waals surface area contributed by atoms with E-state index < -0.39 is 0 Å². The third-order valence-electron chi connectivity index (χ3n) is 8.19. The lowest BCUT2D eigenvalue weighted by molar-refractivity contribution is 0.121. The van der Waals surface area contributed by atoms with Crippen LogP contribution in [0.3, 0.4) is 0 Å². The third kappa shape index (κ3) is 8.41. The van der Waals surface area contributed by atoms with Crippen LogP contribution in [0.4, 0.5) is 11.6 Å². The fraction of sp³-hybridized carbons (Fsp3) is 0.211. The van der Waals surface area contributed by atoms with Gasteiger partial charge in [0.15, 0.2) is 0 Å². The molecular weight excluding hydrogens is 600 g/mol. The van der Waals surface area contributed by atoms with Gasteiger partial charge in [-0.3, -0.25) is 9.88 Å². The maximum atomic E-state index is 6.11. The Morgan fingerprint density at radius 2 is 1.52 bits per heavy atom. The van der Waals surface area contributed by atoms with Crippen molar-refractivity contribution in [2.75, 3.05) is 44.6 Å². The second-order valence-corrected chi connectivity index (χ2v) is 11.7. The number of ether oxygens (including phenoxy) is 2. The van der Waals surface area contributed by atoms with E-state index in [1.54, 1.807) is 12.4 Å². The van der Waals surface area contributed by atoms with Gasteiger partial charge in [-0.1, -0.05) is 36.4 Å². The number of anilines is 2. The van der Waals surface area contributed by atoms with Crippen molar-refractivity contribution in [1.29, 1.82) is 0 Å². The highest BCUT2D eigenvalue weighted by atomic mass is 16.5. The van der Waals surface area contributed by atoms with Gasteiger partial charge in [0, 0.05) is 75.2 Å². The van der Waals surface area contributed by atoms with Crippen LogP contribution in [0.25, 0.3) is 22.8 Å². The molecule has 3 aromatic carbocycles. The van der Waals surface area contributed by atoms with E-state index in [1.807, 2.05) is 97.3 Å². The van der Waals surface area contributed by atoms with Crippen molar-refractivity contribution in [3.05, 3.63) is 127 Å². The molecule has 0 bridgehead atoms. The Hall–Kier alpha value is -5.58. The third-order valence-corrected chi connectivity index (χ3v) is 8.19. The van der Waals surface area contributed by atoms with Crippen molar-refractivity contribution < 1.29 is 9.47 Å². The summed E-state index contributed by atoms with van der Waals surface area (Å²) in [5.74, 6) is 3.55. The molecule has 0 atom stereocenters. The van der Waals surface area contributed by atoms with E-state index in [0.717, 1.165) is 91.4 Å². The number of nitrogens with one attached hydrogen (secondary N) is 2. The number of benzene rings is 3. The van der Waals surface area contributed by atoms with Crippen LogP contribution in [0.15, 0.2) is 122 Å². The number of nitrogens with zero attached hydrogens (tertiary/aromatic N) is 6. The van der Waals surface area contributed by atoms with Gasteiger partial charge in [0.2, 0.25) is 5.95 Å². The number of hydrogen-bond donors (Lipinski definition) is 2. The van der Waals surface area contributed by atoms with E-state index in [0.29, 0.717) is 12.6 Å². The molecule has 0 unspecified atom stereocenters. The number of H-pyrrole nitrogens is 1. The zero-order chi connectivity index (χ0) is 32.4. The van der Waals surface area contributed by atoms with Crippen molar-refractivity contribution in [3.8, 4) is 40.0 Å². The second-order valence-electron chi connectivity index (χ2n) is 11.7. The van der Waals surface area contributed by atoms with Gasteiger partial charge in [-0.2, -0.15) is 0 Å².